The Hall–Kier alpha value is -2.77. The van der Waals surface area contributed by atoms with Gasteiger partial charge in [0.15, 0.2) is 0 Å². The van der Waals surface area contributed by atoms with Gasteiger partial charge in [-0.2, -0.15) is 0 Å². The molecule has 0 spiro atoms. The van der Waals surface area contributed by atoms with Crippen LogP contribution in [0.1, 0.15) is 28.4 Å². The summed E-state index contributed by atoms with van der Waals surface area (Å²) in [5.41, 5.74) is 2.68. The summed E-state index contributed by atoms with van der Waals surface area (Å²) in [5.74, 6) is 3.11. The lowest BCUT2D eigenvalue weighted by molar-refractivity contribution is 0.0600. The molecular weight excluding hydrogens is 326 g/mol. The van der Waals surface area contributed by atoms with Gasteiger partial charge in [-0.3, -0.25) is 4.90 Å². The molecule has 4 nitrogen and oxygen atoms in total. The number of carbonyl (C=O) groups excluding carboxylic acids is 1. The fourth-order valence-corrected chi connectivity index (χ4v) is 2.59. The fourth-order valence-electron chi connectivity index (χ4n) is 2.59. The van der Waals surface area contributed by atoms with Crippen molar-refractivity contribution in [2.45, 2.75) is 26.0 Å². The van der Waals surface area contributed by atoms with Crippen molar-refractivity contribution >= 4 is 5.97 Å². The minimum absolute atomic E-state index is 0.347. The summed E-state index contributed by atoms with van der Waals surface area (Å²) >= 11 is 0. The highest BCUT2D eigenvalue weighted by atomic mass is 16.5. The molecule has 0 heterocycles. The van der Waals surface area contributed by atoms with Crippen LogP contribution < -0.4 is 4.74 Å². The van der Waals surface area contributed by atoms with E-state index in [-0.39, 0.29) is 5.97 Å². The molecule has 0 radical (unpaired) electrons. The van der Waals surface area contributed by atoms with Gasteiger partial charge >= 0.3 is 5.97 Å². The topological polar surface area (TPSA) is 38.8 Å². The number of rotatable bonds is 8. The zero-order valence-corrected chi connectivity index (χ0v) is 15.6. The predicted molar refractivity (Wildman–Crippen MR) is 103 cm³/mol. The van der Waals surface area contributed by atoms with Crippen LogP contribution in [-0.4, -0.2) is 37.6 Å². The van der Waals surface area contributed by atoms with Crippen molar-refractivity contribution in [2.24, 2.45) is 0 Å². The molecule has 26 heavy (non-hydrogen) atoms. The Morgan fingerprint density at radius 2 is 1.92 bits per heavy atom. The van der Waals surface area contributed by atoms with E-state index in [0.717, 1.165) is 17.7 Å². The van der Waals surface area contributed by atoms with E-state index in [1.54, 1.807) is 12.1 Å². The molecule has 0 amide bonds. The van der Waals surface area contributed by atoms with Crippen LogP contribution in [0, 0.1) is 12.3 Å². The summed E-state index contributed by atoms with van der Waals surface area (Å²) in [6.07, 6.45) is 6.29. The van der Waals surface area contributed by atoms with Gasteiger partial charge in [0.2, 0.25) is 0 Å². The number of hydrogen-bond donors (Lipinski definition) is 0. The average Bonchev–Trinajstić information content (AvgIpc) is 2.67. The lowest BCUT2D eigenvalue weighted by Gasteiger charge is -2.22. The smallest absolute Gasteiger partial charge is 0.337 e. The molecule has 1 unspecified atom stereocenters. The number of carbonyl (C=O) groups is 1. The van der Waals surface area contributed by atoms with E-state index in [0.29, 0.717) is 24.8 Å². The van der Waals surface area contributed by atoms with Crippen molar-refractivity contribution in [3.05, 3.63) is 65.2 Å². The number of methoxy groups -OCH3 is 1. The summed E-state index contributed by atoms with van der Waals surface area (Å²) in [4.78, 5) is 13.7. The van der Waals surface area contributed by atoms with Crippen LogP contribution in [0.5, 0.6) is 5.75 Å². The van der Waals surface area contributed by atoms with Gasteiger partial charge in [0.05, 0.1) is 19.2 Å². The highest BCUT2D eigenvalue weighted by Gasteiger charge is 2.09. The number of likely N-dealkylation sites (N-methyl/N-ethyl adjacent to an activating group) is 1. The number of ether oxygens (including phenoxy) is 2. The maximum Gasteiger partial charge on any atom is 0.337 e. The zero-order chi connectivity index (χ0) is 18.9. The van der Waals surface area contributed by atoms with E-state index in [1.807, 2.05) is 31.3 Å². The largest absolute Gasteiger partial charge is 0.489 e. The maximum atomic E-state index is 11.6. The molecule has 0 saturated carbocycles. The third-order valence-electron chi connectivity index (χ3n) is 4.30. The van der Waals surface area contributed by atoms with Crippen molar-refractivity contribution in [2.75, 3.05) is 20.7 Å². The summed E-state index contributed by atoms with van der Waals surface area (Å²) in [7, 11) is 3.41. The van der Waals surface area contributed by atoms with E-state index in [9.17, 15) is 4.79 Å². The van der Waals surface area contributed by atoms with Gasteiger partial charge in [-0.15, -0.1) is 6.42 Å². The Morgan fingerprint density at radius 1 is 1.19 bits per heavy atom. The molecular formula is C22H25NO3. The van der Waals surface area contributed by atoms with E-state index < -0.39 is 0 Å². The molecule has 0 aliphatic carbocycles. The van der Waals surface area contributed by atoms with E-state index in [1.165, 1.54) is 12.7 Å². The van der Waals surface area contributed by atoms with E-state index in [2.05, 4.69) is 29.9 Å². The molecule has 1 atom stereocenters. The summed E-state index contributed by atoms with van der Waals surface area (Å²) in [6.45, 7) is 3.20. The van der Waals surface area contributed by atoms with Gasteiger partial charge in [-0.05, 0) is 55.8 Å². The van der Waals surface area contributed by atoms with Gasteiger partial charge in [0.25, 0.3) is 0 Å². The Balaban J connectivity index is 1.91. The molecule has 0 aromatic heterocycles. The van der Waals surface area contributed by atoms with Crippen LogP contribution in [-0.2, 0) is 17.8 Å². The number of benzene rings is 2. The van der Waals surface area contributed by atoms with Crippen molar-refractivity contribution in [1.82, 2.24) is 4.90 Å². The van der Waals surface area contributed by atoms with Crippen LogP contribution in [0.15, 0.2) is 48.5 Å². The maximum absolute atomic E-state index is 11.6. The molecule has 0 fully saturated rings. The monoisotopic (exact) mass is 351 g/mol. The molecule has 136 valence electrons. The second kappa shape index (κ2) is 9.65. The first kappa shape index (κ1) is 19.6. The van der Waals surface area contributed by atoms with Crippen molar-refractivity contribution < 1.29 is 14.3 Å². The van der Waals surface area contributed by atoms with Crippen molar-refractivity contribution in [3.63, 3.8) is 0 Å². The molecule has 0 N–H and O–H groups in total. The zero-order valence-electron chi connectivity index (χ0n) is 15.6. The lowest BCUT2D eigenvalue weighted by atomic mass is 10.1. The lowest BCUT2D eigenvalue weighted by Crippen LogP contribution is -2.31. The first-order valence-corrected chi connectivity index (χ1v) is 8.56. The van der Waals surface area contributed by atoms with E-state index >= 15 is 0 Å². The van der Waals surface area contributed by atoms with Gasteiger partial charge in [-0.25, -0.2) is 4.79 Å². The molecule has 0 aliphatic rings. The van der Waals surface area contributed by atoms with Gasteiger partial charge in [-0.1, -0.05) is 30.2 Å². The number of hydrogen-bond acceptors (Lipinski definition) is 4. The first-order chi connectivity index (χ1) is 12.5. The van der Waals surface area contributed by atoms with Gasteiger partial charge < -0.3 is 9.47 Å². The standard InChI is InChI=1S/C22H25NO3/c1-5-13-23(3)17(2)14-18-9-11-21(12-10-18)26-16-19-7-6-8-20(15-19)22(24)25-4/h1,6-12,15,17H,13-14,16H2,2-4H3. The SMILES string of the molecule is C#CCN(C)C(C)Cc1ccc(OCc2cccc(C(=O)OC)c2)cc1. The fraction of sp³-hybridized carbons (Fsp3) is 0.318. The molecule has 4 heteroatoms. The summed E-state index contributed by atoms with van der Waals surface area (Å²) in [5, 5.41) is 0. The second-order valence-corrected chi connectivity index (χ2v) is 6.30. The minimum Gasteiger partial charge on any atom is -0.489 e. The normalized spacial score (nSPS) is 11.7. The molecule has 2 aromatic carbocycles. The predicted octanol–water partition coefficient (Wildman–Crippen LogP) is 3.55. The quantitative estimate of drug-likeness (QED) is 0.539. The Morgan fingerprint density at radius 3 is 2.58 bits per heavy atom. The van der Waals surface area contributed by atoms with Crippen LogP contribution >= 0.6 is 0 Å². The number of terminal acetylenes is 1. The highest BCUT2D eigenvalue weighted by Crippen LogP contribution is 2.17. The molecule has 0 aliphatic heterocycles. The minimum atomic E-state index is -0.347. The molecule has 0 bridgehead atoms. The van der Waals surface area contributed by atoms with E-state index in [4.69, 9.17) is 15.9 Å². The van der Waals surface area contributed by atoms with Crippen LogP contribution in [0.2, 0.25) is 0 Å². The van der Waals surface area contributed by atoms with Crippen LogP contribution in [0.4, 0.5) is 0 Å². The molecule has 2 aromatic rings. The second-order valence-electron chi connectivity index (χ2n) is 6.30. The van der Waals surface area contributed by atoms with Crippen molar-refractivity contribution in [3.8, 4) is 18.1 Å². The summed E-state index contributed by atoms with van der Waals surface area (Å²) < 4.78 is 10.6. The average molecular weight is 351 g/mol. The number of nitrogens with zero attached hydrogens (tertiary/aromatic N) is 1. The van der Waals surface area contributed by atoms with Gasteiger partial charge in [0.1, 0.15) is 12.4 Å². The third-order valence-corrected chi connectivity index (χ3v) is 4.30. The van der Waals surface area contributed by atoms with Crippen molar-refractivity contribution in [1.29, 1.82) is 0 Å². The molecule has 0 saturated heterocycles. The summed E-state index contributed by atoms with van der Waals surface area (Å²) in [6, 6.07) is 15.7. The third kappa shape index (κ3) is 5.65. The first-order valence-electron chi connectivity index (χ1n) is 8.56. The number of esters is 1. The highest BCUT2D eigenvalue weighted by molar-refractivity contribution is 5.89. The van der Waals surface area contributed by atoms with Crippen LogP contribution in [0.3, 0.4) is 0 Å². The Kier molecular flexibility index (Phi) is 7.25. The Labute approximate surface area is 155 Å². The Bertz CT molecular complexity index is 762. The van der Waals surface area contributed by atoms with Crippen LogP contribution in [0.25, 0.3) is 0 Å². The molecule has 2 rings (SSSR count). The van der Waals surface area contributed by atoms with Gasteiger partial charge in [0, 0.05) is 6.04 Å².